The Labute approximate surface area is 257 Å². The number of benzene rings is 1. The Kier molecular flexibility index (Phi) is 9.23. The third kappa shape index (κ3) is 7.60. The fraction of sp³-hybridized carbons (Fsp3) is 0.517. The number of carbonyl (C=O) groups excluding carboxylic acids is 1. The van der Waals surface area contributed by atoms with Crippen LogP contribution < -0.4 is 10.1 Å². The smallest absolute Gasteiger partial charge is 0.280 e. The highest BCUT2D eigenvalue weighted by molar-refractivity contribution is 7.92. The molecule has 0 radical (unpaired) electrons. The molecule has 11 nitrogen and oxygen atoms in total. The molecule has 1 aromatic carbocycles. The van der Waals surface area contributed by atoms with Gasteiger partial charge in [0.25, 0.3) is 5.91 Å². The summed E-state index contributed by atoms with van der Waals surface area (Å²) in [7, 11) is -5.22. The molecule has 1 saturated heterocycles. The maximum absolute atomic E-state index is 13.4. The number of rotatable bonds is 12. The highest BCUT2D eigenvalue weighted by Crippen LogP contribution is 2.36. The average molecular weight is 647 g/mol. The van der Waals surface area contributed by atoms with Gasteiger partial charge in [0.2, 0.25) is 5.88 Å². The van der Waals surface area contributed by atoms with Gasteiger partial charge in [0, 0.05) is 18.1 Å². The zero-order chi connectivity index (χ0) is 30.8. The number of nitrogens with one attached hydrogen (secondary N) is 1. The Morgan fingerprint density at radius 1 is 1.09 bits per heavy atom. The number of ether oxygens (including phenoxy) is 2. The van der Waals surface area contributed by atoms with Crippen molar-refractivity contribution in [3.8, 4) is 5.88 Å². The monoisotopic (exact) mass is 646 g/mol. The molecule has 1 aliphatic carbocycles. The number of nitrogens with zero attached hydrogens (tertiary/aromatic N) is 3. The van der Waals surface area contributed by atoms with Crippen molar-refractivity contribution in [2.24, 2.45) is 5.16 Å². The minimum absolute atomic E-state index is 0.000221. The van der Waals surface area contributed by atoms with Crippen molar-refractivity contribution >= 4 is 56.6 Å². The van der Waals surface area contributed by atoms with Gasteiger partial charge in [-0.25, -0.2) is 18.4 Å². The van der Waals surface area contributed by atoms with Gasteiger partial charge in [-0.1, -0.05) is 49.4 Å². The van der Waals surface area contributed by atoms with E-state index < -0.39 is 24.1 Å². The lowest BCUT2D eigenvalue weighted by Crippen LogP contribution is -2.41. The van der Waals surface area contributed by atoms with Gasteiger partial charge in [0.15, 0.2) is 35.1 Å². The Bertz CT molecular complexity index is 1590. The molecule has 1 atom stereocenters. The number of carbonyl (C=O) groups is 1. The highest BCUT2D eigenvalue weighted by atomic mass is 32.2. The summed E-state index contributed by atoms with van der Waals surface area (Å²) in [6.45, 7) is 12.8. The molecule has 232 valence electrons. The van der Waals surface area contributed by atoms with Crippen LogP contribution in [0.4, 0.5) is 5.13 Å². The fourth-order valence-electron chi connectivity index (χ4n) is 4.07. The van der Waals surface area contributed by atoms with Crippen LogP contribution in [0.25, 0.3) is 10.3 Å². The zero-order valence-corrected chi connectivity index (χ0v) is 27.7. The molecular weight excluding hydrogens is 609 g/mol. The molecule has 3 aromatic rings. The summed E-state index contributed by atoms with van der Waals surface area (Å²) >= 11 is 1.20. The summed E-state index contributed by atoms with van der Waals surface area (Å²) in [6.07, 6.45) is 1.74. The van der Waals surface area contributed by atoms with Gasteiger partial charge in [0.1, 0.15) is 17.0 Å². The summed E-state index contributed by atoms with van der Waals surface area (Å²) in [5.41, 5.74) is 1.03. The van der Waals surface area contributed by atoms with Crippen molar-refractivity contribution in [3.05, 3.63) is 42.0 Å². The van der Waals surface area contributed by atoms with E-state index in [0.717, 1.165) is 0 Å². The van der Waals surface area contributed by atoms with Crippen molar-refractivity contribution in [2.45, 2.75) is 74.4 Å². The molecule has 0 spiro atoms. The van der Waals surface area contributed by atoms with Crippen molar-refractivity contribution in [1.82, 2.24) is 9.97 Å². The van der Waals surface area contributed by atoms with E-state index in [4.69, 9.17) is 18.7 Å². The third-order valence-electron chi connectivity index (χ3n) is 7.87. The number of fused-ring (bicyclic) bond motifs is 1. The number of amides is 1. The van der Waals surface area contributed by atoms with E-state index in [1.54, 1.807) is 24.3 Å². The van der Waals surface area contributed by atoms with E-state index in [1.165, 1.54) is 23.5 Å². The molecule has 2 aliphatic rings. The van der Waals surface area contributed by atoms with Crippen LogP contribution in [0.2, 0.25) is 18.1 Å². The molecular formula is C29H38N4O7S2Si. The van der Waals surface area contributed by atoms with Crippen LogP contribution in [0.15, 0.2) is 46.4 Å². The van der Waals surface area contributed by atoms with E-state index in [0.29, 0.717) is 72.6 Å². The molecule has 1 saturated carbocycles. The largest absolute Gasteiger partial charge is 0.475 e. The lowest BCUT2D eigenvalue weighted by molar-refractivity contribution is -0.110. The number of hydrogen-bond acceptors (Lipinski definition) is 11. The van der Waals surface area contributed by atoms with Crippen LogP contribution in [0.1, 0.15) is 45.6 Å². The first kappa shape index (κ1) is 31.5. The zero-order valence-electron chi connectivity index (χ0n) is 25.1. The number of thiazole rings is 1. The minimum atomic E-state index is -3.36. The van der Waals surface area contributed by atoms with Crippen molar-refractivity contribution in [3.63, 3.8) is 0 Å². The number of aromatic nitrogens is 2. The van der Waals surface area contributed by atoms with Crippen LogP contribution in [-0.2, 0) is 28.6 Å². The van der Waals surface area contributed by atoms with Crippen molar-refractivity contribution < 1.29 is 31.9 Å². The topological polar surface area (TPSA) is 138 Å². The minimum Gasteiger partial charge on any atom is -0.475 e. The van der Waals surface area contributed by atoms with Crippen LogP contribution in [0, 0.1) is 0 Å². The molecule has 5 rings (SSSR count). The summed E-state index contributed by atoms with van der Waals surface area (Å²) < 4.78 is 42.6. The van der Waals surface area contributed by atoms with Crippen LogP contribution in [0.5, 0.6) is 5.88 Å². The molecule has 1 aliphatic heterocycles. The van der Waals surface area contributed by atoms with Gasteiger partial charge in [-0.05, 0) is 49.2 Å². The Balaban J connectivity index is 1.27. The molecule has 1 N–H and O–H groups in total. The highest BCUT2D eigenvalue weighted by Gasteiger charge is 2.37. The lowest BCUT2D eigenvalue weighted by Gasteiger charge is -2.36. The second kappa shape index (κ2) is 12.6. The summed E-state index contributed by atoms with van der Waals surface area (Å²) in [5, 5.41) is 7.08. The van der Waals surface area contributed by atoms with Crippen molar-refractivity contribution in [1.29, 1.82) is 0 Å². The second-order valence-corrected chi connectivity index (χ2v) is 20.2. The third-order valence-corrected chi connectivity index (χ3v) is 15.6. The number of sulfone groups is 1. The van der Waals surface area contributed by atoms with Gasteiger partial charge in [-0.2, -0.15) is 0 Å². The molecule has 43 heavy (non-hydrogen) atoms. The molecule has 2 aromatic heterocycles. The predicted molar refractivity (Wildman–Crippen MR) is 168 cm³/mol. The maximum atomic E-state index is 13.4. The van der Waals surface area contributed by atoms with E-state index in [-0.39, 0.29) is 27.0 Å². The van der Waals surface area contributed by atoms with E-state index in [9.17, 15) is 13.2 Å². The van der Waals surface area contributed by atoms with Gasteiger partial charge >= 0.3 is 0 Å². The van der Waals surface area contributed by atoms with Crippen molar-refractivity contribution in [2.75, 3.05) is 31.7 Å². The molecule has 3 heterocycles. The SMILES string of the molecule is CC(C)(C)[Si](C)(C)OCCOc1ccc2nc(NC(=O)C(=NO[C@@H]3CCOC3)c3ccc(S(=O)(=O)C4CC4)cc3)sc2n1. The molecule has 0 bridgehead atoms. The first-order chi connectivity index (χ1) is 20.3. The molecule has 14 heteroatoms. The standard InChI is InChI=1S/C29H38N4O7S2Si/c1-29(2,3)43(4,5)39-17-16-38-24-13-12-23-27(31-24)41-28(30-23)32-26(34)25(33-40-20-14-15-37-18-20)19-6-8-21(9-7-19)42(35,36)22-10-11-22/h6-9,12-13,20,22H,10-11,14-18H2,1-5H3,(H,30,32,34)/t20-/m1/s1. The lowest BCUT2D eigenvalue weighted by atomic mass is 10.1. The van der Waals surface area contributed by atoms with E-state index in [2.05, 4.69) is 54.3 Å². The first-order valence-corrected chi connectivity index (χ1v) is 19.6. The van der Waals surface area contributed by atoms with Crippen LogP contribution in [-0.4, -0.2) is 76.1 Å². The summed E-state index contributed by atoms with van der Waals surface area (Å²) in [5.74, 6) is -0.0986. The average Bonchev–Trinajstić information content (AvgIpc) is 3.56. The molecule has 1 amide bonds. The summed E-state index contributed by atoms with van der Waals surface area (Å²) in [4.78, 5) is 28.9. The fourth-order valence-corrected chi connectivity index (χ4v) is 7.58. The number of hydrogen-bond donors (Lipinski definition) is 1. The second-order valence-electron chi connectivity index (χ2n) is 12.2. The normalized spacial score (nSPS) is 18.2. The predicted octanol–water partition coefficient (Wildman–Crippen LogP) is 5.18. The summed E-state index contributed by atoms with van der Waals surface area (Å²) in [6, 6.07) is 9.67. The Morgan fingerprint density at radius 3 is 2.49 bits per heavy atom. The Morgan fingerprint density at radius 2 is 1.84 bits per heavy atom. The Hall–Kier alpha value is -2.91. The molecule has 0 unspecified atom stereocenters. The number of anilines is 1. The number of oxime groups is 1. The van der Waals surface area contributed by atoms with Gasteiger partial charge < -0.3 is 18.7 Å². The van der Waals surface area contributed by atoms with Gasteiger partial charge in [-0.15, -0.1) is 0 Å². The van der Waals surface area contributed by atoms with Crippen LogP contribution in [0.3, 0.4) is 0 Å². The van der Waals surface area contributed by atoms with Gasteiger partial charge in [0.05, 0.1) is 30.0 Å². The van der Waals surface area contributed by atoms with E-state index in [1.807, 2.05) is 0 Å². The number of pyridine rings is 1. The first-order valence-electron chi connectivity index (χ1n) is 14.3. The quantitative estimate of drug-likeness (QED) is 0.122. The maximum Gasteiger partial charge on any atom is 0.280 e. The van der Waals surface area contributed by atoms with Crippen LogP contribution >= 0.6 is 11.3 Å². The van der Waals surface area contributed by atoms with E-state index >= 15 is 0 Å². The van der Waals surface area contributed by atoms with Gasteiger partial charge in [-0.3, -0.25) is 10.1 Å². The molecule has 2 fully saturated rings.